The Morgan fingerprint density at radius 1 is 1.21 bits per heavy atom. The van der Waals surface area contributed by atoms with Gasteiger partial charge in [-0.3, -0.25) is 4.98 Å². The lowest BCUT2D eigenvalue weighted by Gasteiger charge is -2.39. The van der Waals surface area contributed by atoms with Gasteiger partial charge in [0.25, 0.3) is 0 Å². The van der Waals surface area contributed by atoms with E-state index in [0.717, 1.165) is 54.8 Å². The van der Waals surface area contributed by atoms with E-state index in [-0.39, 0.29) is 24.8 Å². The van der Waals surface area contributed by atoms with Crippen molar-refractivity contribution < 1.29 is 9.53 Å². The summed E-state index contributed by atoms with van der Waals surface area (Å²) in [6, 6.07) is 6.18. The van der Waals surface area contributed by atoms with Crippen LogP contribution >= 0.6 is 0 Å². The third-order valence-electron chi connectivity index (χ3n) is 5.73. The number of nitrogens with zero attached hydrogens (tertiary/aromatic N) is 5. The van der Waals surface area contributed by atoms with Crippen molar-refractivity contribution in [3.05, 3.63) is 48.7 Å². The molecule has 3 aromatic rings. The van der Waals surface area contributed by atoms with Crippen LogP contribution in [0.5, 0.6) is 0 Å². The predicted molar refractivity (Wildman–Crippen MR) is 104 cm³/mol. The minimum atomic E-state index is -0.241. The van der Waals surface area contributed by atoms with Crippen LogP contribution in [0.25, 0.3) is 11.0 Å². The summed E-state index contributed by atoms with van der Waals surface area (Å²) < 4.78 is 5.57. The lowest BCUT2D eigenvalue weighted by molar-refractivity contribution is 0.0672. The summed E-state index contributed by atoms with van der Waals surface area (Å²) in [5, 5.41) is 1.03. The van der Waals surface area contributed by atoms with Crippen molar-refractivity contribution in [2.75, 3.05) is 18.0 Å². The first kappa shape index (κ1) is 17.0. The van der Waals surface area contributed by atoms with Crippen LogP contribution in [0.15, 0.2) is 43.1 Å². The summed E-state index contributed by atoms with van der Waals surface area (Å²) >= 11 is 0. The normalized spacial score (nSPS) is 21.7. The van der Waals surface area contributed by atoms with Crippen LogP contribution < -0.4 is 4.90 Å². The highest BCUT2D eigenvalue weighted by Crippen LogP contribution is 2.36. The summed E-state index contributed by atoms with van der Waals surface area (Å²) in [6.07, 6.45) is 9.61. The molecule has 0 aromatic carbocycles. The Kier molecular flexibility index (Phi) is 4.31. The van der Waals surface area contributed by atoms with Crippen LogP contribution in [0.3, 0.4) is 0 Å². The second-order valence-corrected chi connectivity index (χ2v) is 7.31. The van der Waals surface area contributed by atoms with Gasteiger partial charge in [0.2, 0.25) is 0 Å². The van der Waals surface area contributed by atoms with E-state index >= 15 is 0 Å². The quantitative estimate of drug-likeness (QED) is 0.754. The van der Waals surface area contributed by atoms with Gasteiger partial charge in [-0.05, 0) is 31.4 Å². The van der Waals surface area contributed by atoms with E-state index in [9.17, 15) is 4.79 Å². The Morgan fingerprint density at radius 3 is 3.07 bits per heavy atom. The van der Waals surface area contributed by atoms with Crippen LogP contribution in [0.1, 0.15) is 24.8 Å². The number of rotatable bonds is 3. The molecule has 2 aliphatic heterocycles. The van der Waals surface area contributed by atoms with Crippen LogP contribution in [0.2, 0.25) is 0 Å². The maximum atomic E-state index is 12.8. The summed E-state index contributed by atoms with van der Waals surface area (Å²) in [5.74, 6) is 0.948. The van der Waals surface area contributed by atoms with Gasteiger partial charge in [0.05, 0.1) is 17.5 Å². The smallest absolute Gasteiger partial charge is 0.410 e. The molecule has 2 aliphatic rings. The molecule has 144 valence electrons. The minimum Gasteiger partial charge on any atom is -0.444 e. The van der Waals surface area contributed by atoms with Crippen molar-refractivity contribution >= 4 is 22.9 Å². The molecular formula is C20H22N6O2. The number of H-pyrrole nitrogens is 1. The van der Waals surface area contributed by atoms with E-state index in [0.29, 0.717) is 0 Å². The number of pyridine rings is 1. The van der Waals surface area contributed by atoms with E-state index in [1.54, 1.807) is 18.7 Å². The van der Waals surface area contributed by atoms with Gasteiger partial charge >= 0.3 is 6.09 Å². The van der Waals surface area contributed by atoms with Crippen molar-refractivity contribution in [3.63, 3.8) is 0 Å². The minimum absolute atomic E-state index is 0.152. The van der Waals surface area contributed by atoms with Crippen molar-refractivity contribution in [3.8, 4) is 0 Å². The maximum Gasteiger partial charge on any atom is 0.410 e. The first-order chi connectivity index (χ1) is 13.8. The monoisotopic (exact) mass is 378 g/mol. The highest BCUT2D eigenvalue weighted by Gasteiger charge is 2.43. The Labute approximate surface area is 162 Å². The van der Waals surface area contributed by atoms with E-state index in [2.05, 4.69) is 24.8 Å². The van der Waals surface area contributed by atoms with Crippen LogP contribution in [-0.4, -0.2) is 56.1 Å². The molecule has 3 aromatic heterocycles. The fourth-order valence-corrected chi connectivity index (χ4v) is 4.47. The molecule has 2 atom stereocenters. The second-order valence-electron chi connectivity index (χ2n) is 7.31. The SMILES string of the molecule is O=C(OCc1cccnc1)N1CCCC2C1CCN2c1ncnc2[nH]ccc12. The average Bonchev–Trinajstić information content (AvgIpc) is 3.39. The van der Waals surface area contributed by atoms with E-state index in [1.807, 2.05) is 29.3 Å². The third-order valence-corrected chi connectivity index (χ3v) is 5.73. The lowest BCUT2D eigenvalue weighted by Crippen LogP contribution is -2.52. The largest absolute Gasteiger partial charge is 0.444 e. The molecule has 2 unspecified atom stereocenters. The molecule has 28 heavy (non-hydrogen) atoms. The number of carbonyl (C=O) groups is 1. The Bertz CT molecular complexity index is 975. The number of aromatic amines is 1. The summed E-state index contributed by atoms with van der Waals surface area (Å²) in [7, 11) is 0. The molecule has 8 nitrogen and oxygen atoms in total. The number of hydrogen-bond acceptors (Lipinski definition) is 6. The molecular weight excluding hydrogens is 356 g/mol. The molecule has 1 N–H and O–H groups in total. The number of hydrogen-bond donors (Lipinski definition) is 1. The number of aromatic nitrogens is 4. The number of carbonyl (C=O) groups excluding carboxylic acids is 1. The fraction of sp³-hybridized carbons (Fsp3) is 0.400. The first-order valence-electron chi connectivity index (χ1n) is 9.68. The number of ether oxygens (including phenoxy) is 1. The standard InChI is InChI=1S/C20H22N6O2/c27-20(28-12-14-3-1-7-21-11-14)26-9-2-4-16-17(26)6-10-25(16)19-15-5-8-22-18(15)23-13-24-19/h1,3,5,7-8,11,13,16-17H,2,4,6,9-10,12H2,(H,22,23,24). The van der Waals surface area contributed by atoms with Gasteiger partial charge < -0.3 is 19.5 Å². The zero-order valence-electron chi connectivity index (χ0n) is 15.5. The molecule has 0 spiro atoms. The summed E-state index contributed by atoms with van der Waals surface area (Å²) in [4.78, 5) is 33.1. The number of likely N-dealkylation sites (tertiary alicyclic amines) is 1. The van der Waals surface area contributed by atoms with Crippen LogP contribution in [-0.2, 0) is 11.3 Å². The zero-order chi connectivity index (χ0) is 18.9. The van der Waals surface area contributed by atoms with Gasteiger partial charge in [-0.1, -0.05) is 6.07 Å². The first-order valence-corrected chi connectivity index (χ1v) is 9.68. The van der Waals surface area contributed by atoms with Crippen molar-refractivity contribution in [2.45, 2.75) is 38.0 Å². The predicted octanol–water partition coefficient (Wildman–Crippen LogP) is 2.73. The van der Waals surface area contributed by atoms with Gasteiger partial charge in [-0.15, -0.1) is 0 Å². The zero-order valence-corrected chi connectivity index (χ0v) is 15.5. The third kappa shape index (κ3) is 2.94. The second kappa shape index (κ2) is 7.10. The van der Waals surface area contributed by atoms with Gasteiger partial charge in [-0.2, -0.15) is 0 Å². The van der Waals surface area contributed by atoms with Gasteiger partial charge in [0.15, 0.2) is 0 Å². The molecule has 0 radical (unpaired) electrons. The van der Waals surface area contributed by atoms with Gasteiger partial charge in [0.1, 0.15) is 24.4 Å². The molecule has 0 bridgehead atoms. The van der Waals surface area contributed by atoms with Crippen molar-refractivity contribution in [1.29, 1.82) is 0 Å². The molecule has 8 heteroatoms. The number of fused-ring (bicyclic) bond motifs is 2. The van der Waals surface area contributed by atoms with Crippen LogP contribution in [0.4, 0.5) is 10.6 Å². The van der Waals surface area contributed by atoms with E-state index < -0.39 is 0 Å². The number of anilines is 1. The molecule has 0 saturated carbocycles. The Hall–Kier alpha value is -3.16. The molecule has 5 heterocycles. The number of nitrogens with one attached hydrogen (secondary N) is 1. The summed E-state index contributed by atoms with van der Waals surface area (Å²) in [5.41, 5.74) is 1.74. The molecule has 0 aliphatic carbocycles. The highest BCUT2D eigenvalue weighted by molar-refractivity contribution is 5.87. The van der Waals surface area contributed by atoms with E-state index in [4.69, 9.17) is 4.74 Å². The summed E-state index contributed by atoms with van der Waals surface area (Å²) in [6.45, 7) is 1.86. The van der Waals surface area contributed by atoms with Crippen molar-refractivity contribution in [2.24, 2.45) is 0 Å². The molecule has 1 amide bonds. The van der Waals surface area contributed by atoms with Crippen LogP contribution in [0, 0.1) is 0 Å². The highest BCUT2D eigenvalue weighted by atomic mass is 16.6. The molecule has 5 rings (SSSR count). The van der Waals surface area contributed by atoms with E-state index in [1.165, 1.54) is 0 Å². The maximum absolute atomic E-state index is 12.8. The number of amides is 1. The van der Waals surface area contributed by atoms with Gasteiger partial charge in [-0.25, -0.2) is 14.8 Å². The fourth-order valence-electron chi connectivity index (χ4n) is 4.47. The van der Waals surface area contributed by atoms with Gasteiger partial charge in [0, 0.05) is 37.2 Å². The number of piperidine rings is 1. The van der Waals surface area contributed by atoms with Crippen molar-refractivity contribution in [1.82, 2.24) is 24.8 Å². The Balaban J connectivity index is 1.32. The topological polar surface area (TPSA) is 87.2 Å². The lowest BCUT2D eigenvalue weighted by atomic mass is 9.97. The average molecular weight is 378 g/mol. The molecule has 2 fully saturated rings. The molecule has 2 saturated heterocycles. The Morgan fingerprint density at radius 2 is 2.18 bits per heavy atom.